The Morgan fingerprint density at radius 1 is 0.941 bits per heavy atom. The van der Waals surface area contributed by atoms with E-state index in [1.54, 1.807) is 38.1 Å². The maximum absolute atomic E-state index is 12.5. The van der Waals surface area contributed by atoms with E-state index >= 15 is 0 Å². The van der Waals surface area contributed by atoms with E-state index in [4.69, 9.17) is 24.8 Å². The maximum atomic E-state index is 12.5. The number of hydrogen-bond donors (Lipinski definition) is 2. The minimum Gasteiger partial charge on any atom is -0.462 e. The highest BCUT2D eigenvalue weighted by Crippen LogP contribution is 2.39. The second-order valence-corrected chi connectivity index (χ2v) is 7.34. The van der Waals surface area contributed by atoms with Crippen molar-refractivity contribution in [2.45, 2.75) is 20.3 Å². The first kappa shape index (κ1) is 24.8. The Morgan fingerprint density at radius 3 is 1.97 bits per heavy atom. The van der Waals surface area contributed by atoms with E-state index in [1.165, 1.54) is 4.90 Å². The van der Waals surface area contributed by atoms with Crippen LogP contribution in [0.3, 0.4) is 0 Å². The van der Waals surface area contributed by atoms with E-state index in [2.05, 4.69) is 5.48 Å². The number of nitrogen functional groups attached to an aromatic ring is 1. The van der Waals surface area contributed by atoms with Crippen LogP contribution in [0.1, 0.15) is 40.1 Å². The van der Waals surface area contributed by atoms with Gasteiger partial charge in [-0.25, -0.2) is 14.4 Å². The van der Waals surface area contributed by atoms with Gasteiger partial charge in [0.15, 0.2) is 0 Å². The third-order valence-corrected chi connectivity index (χ3v) is 5.14. The summed E-state index contributed by atoms with van der Waals surface area (Å²) in [5, 5.41) is 0. The van der Waals surface area contributed by atoms with Crippen molar-refractivity contribution in [3.8, 4) is 11.1 Å². The van der Waals surface area contributed by atoms with Gasteiger partial charge in [-0.05, 0) is 30.5 Å². The molecule has 3 rings (SSSR count). The lowest BCUT2D eigenvalue weighted by atomic mass is 10.1. The van der Waals surface area contributed by atoms with Gasteiger partial charge in [0.25, 0.3) is 5.91 Å². The number of carbonyl (C=O) groups is 4. The van der Waals surface area contributed by atoms with Crippen molar-refractivity contribution in [1.82, 2.24) is 10.4 Å². The number of fused-ring (bicyclic) bond motifs is 1. The molecule has 0 atom stereocenters. The molecule has 0 aromatic heterocycles. The molecule has 1 aliphatic heterocycles. The summed E-state index contributed by atoms with van der Waals surface area (Å²) in [5.74, 6) is -1.88. The Morgan fingerprint density at radius 2 is 1.47 bits per heavy atom. The Bertz CT molecular complexity index is 993. The highest BCUT2D eigenvalue weighted by Gasteiger charge is 2.30. The molecule has 1 saturated heterocycles. The van der Waals surface area contributed by atoms with Gasteiger partial charge < -0.3 is 29.7 Å². The number of nitrogens with two attached hydrogens (primary N) is 1. The maximum Gasteiger partial charge on any atom is 0.434 e. The monoisotopic (exact) mass is 473 g/mol. The Balaban J connectivity index is 1.81. The fourth-order valence-electron chi connectivity index (χ4n) is 3.56. The lowest BCUT2D eigenvalue weighted by Gasteiger charge is -2.25. The number of ether oxygens (including phenoxy) is 3. The van der Waals surface area contributed by atoms with Crippen molar-refractivity contribution in [1.29, 1.82) is 0 Å². The predicted molar refractivity (Wildman–Crippen MR) is 120 cm³/mol. The molecule has 2 aliphatic carbocycles. The zero-order valence-electron chi connectivity index (χ0n) is 19.0. The molecule has 11 nitrogen and oxygen atoms in total. The summed E-state index contributed by atoms with van der Waals surface area (Å²) in [6, 6.07) is 6.40. The third-order valence-electron chi connectivity index (χ3n) is 5.14. The van der Waals surface area contributed by atoms with E-state index in [0.29, 0.717) is 43.0 Å². The molecule has 0 bridgehead atoms. The number of esters is 2. The van der Waals surface area contributed by atoms with Gasteiger partial charge in [0, 0.05) is 13.1 Å². The summed E-state index contributed by atoms with van der Waals surface area (Å²) in [5.41, 5.74) is 9.71. The highest BCUT2D eigenvalue weighted by molar-refractivity contribution is 6.15. The number of nitrogens with one attached hydrogen (secondary N) is 1. The topological polar surface area (TPSA) is 146 Å². The first-order valence-corrected chi connectivity index (χ1v) is 10.9. The molecule has 0 aromatic carbocycles. The van der Waals surface area contributed by atoms with Crippen molar-refractivity contribution in [3.05, 3.63) is 41.0 Å². The molecule has 0 unspecified atom stereocenters. The summed E-state index contributed by atoms with van der Waals surface area (Å²) in [6.07, 6.45) is -0.783. The van der Waals surface area contributed by atoms with Gasteiger partial charge >= 0.3 is 18.0 Å². The van der Waals surface area contributed by atoms with Crippen LogP contribution in [0.5, 0.6) is 0 Å². The van der Waals surface area contributed by atoms with Crippen LogP contribution < -0.4 is 11.2 Å². The first-order chi connectivity index (χ1) is 16.4. The van der Waals surface area contributed by atoms with Gasteiger partial charge in [0.05, 0.1) is 49.7 Å². The van der Waals surface area contributed by atoms with Crippen LogP contribution in [-0.2, 0) is 30.3 Å². The van der Waals surface area contributed by atoms with Crippen LogP contribution in [-0.4, -0.2) is 68.4 Å². The number of hydroxylamine groups is 1. The normalized spacial score (nSPS) is 13.3. The van der Waals surface area contributed by atoms with Gasteiger partial charge in [-0.1, -0.05) is 24.3 Å². The van der Waals surface area contributed by atoms with Gasteiger partial charge in [-0.15, -0.1) is 0 Å². The van der Waals surface area contributed by atoms with Crippen molar-refractivity contribution in [2.75, 3.05) is 45.3 Å². The third kappa shape index (κ3) is 5.54. The molecule has 34 heavy (non-hydrogen) atoms. The lowest BCUT2D eigenvalue weighted by molar-refractivity contribution is -0.129. The van der Waals surface area contributed by atoms with Gasteiger partial charge in [-0.2, -0.15) is 5.48 Å². The number of morpholine rings is 1. The van der Waals surface area contributed by atoms with Crippen LogP contribution in [0.2, 0.25) is 0 Å². The molecule has 0 spiro atoms. The summed E-state index contributed by atoms with van der Waals surface area (Å²) in [4.78, 5) is 55.7. The number of amides is 2. The van der Waals surface area contributed by atoms with Crippen LogP contribution in [0, 0.1) is 0 Å². The summed E-state index contributed by atoms with van der Waals surface area (Å²) >= 11 is 0. The van der Waals surface area contributed by atoms with Crippen molar-refractivity contribution >= 4 is 29.6 Å². The molecule has 2 amide bonds. The Kier molecular flexibility index (Phi) is 8.25. The Labute approximate surface area is 196 Å². The number of nitrogens with zero attached hydrogens (tertiary/aromatic N) is 1. The van der Waals surface area contributed by atoms with Crippen LogP contribution in [0.25, 0.3) is 11.1 Å². The minimum absolute atomic E-state index is 0.0209. The zero-order valence-corrected chi connectivity index (χ0v) is 19.0. The van der Waals surface area contributed by atoms with Gasteiger partial charge in [-0.3, -0.25) is 4.79 Å². The quantitative estimate of drug-likeness (QED) is 0.364. The molecule has 11 heteroatoms. The second-order valence-electron chi connectivity index (χ2n) is 7.34. The van der Waals surface area contributed by atoms with E-state index in [-0.39, 0.29) is 36.4 Å². The molecular formula is C23H27N3O8. The molecule has 182 valence electrons. The predicted octanol–water partition coefficient (Wildman–Crippen LogP) is 1.77. The molecule has 0 aromatic rings. The minimum atomic E-state index is -0.666. The molecule has 1 heterocycles. The second kappa shape index (κ2) is 11.3. The van der Waals surface area contributed by atoms with Gasteiger partial charge in [0.2, 0.25) is 0 Å². The van der Waals surface area contributed by atoms with Crippen LogP contribution in [0.15, 0.2) is 24.3 Å². The summed E-state index contributed by atoms with van der Waals surface area (Å²) in [6.45, 7) is 5.17. The molecule has 0 saturated carbocycles. The number of carbonyl (C=O) groups excluding carboxylic acids is 4. The average Bonchev–Trinajstić information content (AvgIpc) is 2.96. The largest absolute Gasteiger partial charge is 0.462 e. The highest BCUT2D eigenvalue weighted by atomic mass is 16.7. The smallest absolute Gasteiger partial charge is 0.434 e. The Hall–Kier alpha value is -3.86. The van der Waals surface area contributed by atoms with E-state index in [9.17, 15) is 19.2 Å². The summed E-state index contributed by atoms with van der Waals surface area (Å²) in [7, 11) is 0. The first-order valence-electron chi connectivity index (χ1n) is 10.9. The van der Waals surface area contributed by atoms with Gasteiger partial charge in [0.1, 0.15) is 0 Å². The summed E-state index contributed by atoms with van der Waals surface area (Å²) < 4.78 is 15.4. The SMILES string of the molecule is CCOC(=O)c1c2ccc(CC(=O)NOC(=O)N3CCOCC3)ccc-2c(C(=O)OCC)c1N. The molecule has 3 aliphatic rings. The lowest BCUT2D eigenvalue weighted by Crippen LogP contribution is -2.43. The van der Waals surface area contributed by atoms with Crippen molar-refractivity contribution in [3.63, 3.8) is 0 Å². The number of anilines is 1. The van der Waals surface area contributed by atoms with Crippen molar-refractivity contribution < 1.29 is 38.2 Å². The van der Waals surface area contributed by atoms with E-state index in [1.807, 2.05) is 0 Å². The fraction of sp³-hybridized carbons (Fsp3) is 0.391. The fourth-order valence-corrected chi connectivity index (χ4v) is 3.56. The molecule has 0 radical (unpaired) electrons. The standard InChI is InChI=1S/C23H27N3O8/c1-3-32-21(28)18-15-7-5-14(6-8-16(15)19(20(18)24)22(29)33-4-2)13-17(27)25-34-23(30)26-9-11-31-12-10-26/h5-8H,3-4,9-13,24H2,1-2H3,(H,25,27). The van der Waals surface area contributed by atoms with Crippen molar-refractivity contribution in [2.24, 2.45) is 0 Å². The number of rotatable bonds is 6. The van der Waals surface area contributed by atoms with E-state index < -0.39 is 23.9 Å². The zero-order chi connectivity index (χ0) is 24.7. The van der Waals surface area contributed by atoms with Crippen LogP contribution >= 0.6 is 0 Å². The number of hydrogen-bond acceptors (Lipinski definition) is 9. The molecule has 1 fully saturated rings. The van der Waals surface area contributed by atoms with Crippen LogP contribution in [0.4, 0.5) is 10.5 Å². The molecular weight excluding hydrogens is 446 g/mol. The average molecular weight is 473 g/mol. The molecule has 3 N–H and O–H groups in total. The van der Waals surface area contributed by atoms with E-state index in [0.717, 1.165) is 0 Å².